The fourth-order valence-corrected chi connectivity index (χ4v) is 4.19. The van der Waals surface area contributed by atoms with Crippen molar-refractivity contribution in [1.82, 2.24) is 20.0 Å². The number of carbonyl (C=O) groups is 3. The number of hydrogen-bond donors (Lipinski definition) is 1. The lowest BCUT2D eigenvalue weighted by molar-refractivity contribution is -0.136. The molecular formula is C20H23ClN4O4. The van der Waals surface area contributed by atoms with Gasteiger partial charge in [0.05, 0.1) is 37.1 Å². The molecule has 1 N–H and O–H groups in total. The molecule has 9 heteroatoms. The molecule has 0 bridgehead atoms. The Labute approximate surface area is 174 Å². The highest BCUT2D eigenvalue weighted by atomic mass is 35.5. The summed E-state index contributed by atoms with van der Waals surface area (Å²) in [5, 5.41) is 3.36. The lowest BCUT2D eigenvalue weighted by Gasteiger charge is -2.31. The third-order valence-corrected chi connectivity index (χ3v) is 5.95. The number of rotatable bonds is 4. The van der Waals surface area contributed by atoms with E-state index in [0.29, 0.717) is 61.2 Å². The molecule has 8 nitrogen and oxygen atoms in total. The van der Waals surface area contributed by atoms with E-state index in [0.717, 1.165) is 0 Å². The topological polar surface area (TPSA) is 82.2 Å². The summed E-state index contributed by atoms with van der Waals surface area (Å²) in [6.45, 7) is 2.86. The fraction of sp³-hybridized carbons (Fsp3) is 0.450. The Morgan fingerprint density at radius 3 is 2.69 bits per heavy atom. The zero-order valence-corrected chi connectivity index (χ0v) is 16.9. The molecule has 4 rings (SSSR count). The molecule has 0 spiro atoms. The van der Waals surface area contributed by atoms with E-state index in [1.165, 1.54) is 4.90 Å². The average Bonchev–Trinajstić information content (AvgIpc) is 3.07. The Morgan fingerprint density at radius 1 is 1.24 bits per heavy atom. The minimum Gasteiger partial charge on any atom is -0.378 e. The summed E-state index contributed by atoms with van der Waals surface area (Å²) in [6.07, 6.45) is 0.244. The maximum absolute atomic E-state index is 13.2. The quantitative estimate of drug-likeness (QED) is 0.800. The van der Waals surface area contributed by atoms with Crippen molar-refractivity contribution < 1.29 is 19.1 Å². The number of hydrogen-bond acceptors (Lipinski definition) is 4. The van der Waals surface area contributed by atoms with E-state index >= 15 is 0 Å². The number of amides is 4. The molecule has 0 aliphatic carbocycles. The van der Waals surface area contributed by atoms with E-state index in [4.69, 9.17) is 16.3 Å². The van der Waals surface area contributed by atoms with Crippen LogP contribution in [0.4, 0.5) is 4.79 Å². The summed E-state index contributed by atoms with van der Waals surface area (Å²) < 4.78 is 5.27. The Balaban J connectivity index is 1.51. The van der Waals surface area contributed by atoms with Crippen molar-refractivity contribution in [3.63, 3.8) is 0 Å². The van der Waals surface area contributed by atoms with Gasteiger partial charge in [-0.1, -0.05) is 29.8 Å². The molecule has 154 valence electrons. The van der Waals surface area contributed by atoms with Gasteiger partial charge in [-0.2, -0.15) is 0 Å². The first-order chi connectivity index (χ1) is 14.0. The number of urea groups is 1. The van der Waals surface area contributed by atoms with Gasteiger partial charge in [-0.3, -0.25) is 14.5 Å². The lowest BCUT2D eigenvalue weighted by Crippen LogP contribution is -2.45. The summed E-state index contributed by atoms with van der Waals surface area (Å²) in [6, 6.07) is 6.28. The lowest BCUT2D eigenvalue weighted by atomic mass is 9.95. The van der Waals surface area contributed by atoms with Crippen molar-refractivity contribution in [3.8, 4) is 0 Å². The Hall–Kier alpha value is -2.58. The van der Waals surface area contributed by atoms with Crippen LogP contribution in [0.1, 0.15) is 18.0 Å². The van der Waals surface area contributed by atoms with Crippen LogP contribution in [0.5, 0.6) is 0 Å². The largest absolute Gasteiger partial charge is 0.378 e. The first kappa shape index (κ1) is 19.7. The van der Waals surface area contributed by atoms with Crippen molar-refractivity contribution in [2.24, 2.45) is 0 Å². The maximum atomic E-state index is 13.2. The van der Waals surface area contributed by atoms with Gasteiger partial charge in [-0.15, -0.1) is 0 Å². The van der Waals surface area contributed by atoms with Crippen molar-refractivity contribution in [2.45, 2.75) is 12.5 Å². The Bertz CT molecular complexity index is 881. The van der Waals surface area contributed by atoms with Gasteiger partial charge in [0.1, 0.15) is 0 Å². The van der Waals surface area contributed by atoms with E-state index in [1.54, 1.807) is 35.0 Å². The summed E-state index contributed by atoms with van der Waals surface area (Å²) in [5.41, 5.74) is 1.85. The first-order valence-corrected chi connectivity index (χ1v) is 10.0. The van der Waals surface area contributed by atoms with Crippen LogP contribution >= 0.6 is 11.6 Å². The van der Waals surface area contributed by atoms with E-state index in [-0.39, 0.29) is 24.3 Å². The second-order valence-corrected chi connectivity index (χ2v) is 7.70. The predicted molar refractivity (Wildman–Crippen MR) is 106 cm³/mol. The zero-order chi connectivity index (χ0) is 20.5. The van der Waals surface area contributed by atoms with Gasteiger partial charge in [0.15, 0.2) is 0 Å². The van der Waals surface area contributed by atoms with Crippen molar-refractivity contribution in [3.05, 3.63) is 46.1 Å². The predicted octanol–water partition coefficient (Wildman–Crippen LogP) is 1.38. The van der Waals surface area contributed by atoms with Gasteiger partial charge >= 0.3 is 6.03 Å². The molecule has 1 fully saturated rings. The average molecular weight is 419 g/mol. The monoisotopic (exact) mass is 418 g/mol. The van der Waals surface area contributed by atoms with Crippen LogP contribution in [0.15, 0.2) is 35.5 Å². The normalized spacial score (nSPS) is 22.1. The van der Waals surface area contributed by atoms with Gasteiger partial charge in [-0.25, -0.2) is 4.79 Å². The zero-order valence-electron chi connectivity index (χ0n) is 16.2. The third kappa shape index (κ3) is 3.70. The van der Waals surface area contributed by atoms with E-state index in [1.807, 2.05) is 6.07 Å². The minimum atomic E-state index is -0.602. The molecule has 0 saturated carbocycles. The Morgan fingerprint density at radius 2 is 1.97 bits per heavy atom. The second-order valence-electron chi connectivity index (χ2n) is 7.29. The molecule has 0 aromatic heterocycles. The fourth-order valence-electron chi connectivity index (χ4n) is 3.95. The number of halogens is 1. The molecule has 3 heterocycles. The van der Waals surface area contributed by atoms with Crippen molar-refractivity contribution in [2.75, 3.05) is 46.4 Å². The Kier molecular flexibility index (Phi) is 5.47. The van der Waals surface area contributed by atoms with Gasteiger partial charge in [0, 0.05) is 38.1 Å². The molecule has 1 aromatic carbocycles. The summed E-state index contributed by atoms with van der Waals surface area (Å²) in [4.78, 5) is 42.9. The summed E-state index contributed by atoms with van der Waals surface area (Å²) in [5.74, 6) is -0.164. The minimum absolute atomic E-state index is 0.0104. The highest BCUT2D eigenvalue weighted by Crippen LogP contribution is 2.37. The number of nitrogens with one attached hydrogen (secondary N) is 1. The van der Waals surface area contributed by atoms with E-state index in [9.17, 15) is 14.4 Å². The highest BCUT2D eigenvalue weighted by Gasteiger charge is 2.43. The number of nitrogens with zero attached hydrogens (tertiary/aromatic N) is 3. The van der Waals surface area contributed by atoms with Crippen LogP contribution in [0, 0.1) is 0 Å². The highest BCUT2D eigenvalue weighted by molar-refractivity contribution is 6.31. The van der Waals surface area contributed by atoms with Crippen molar-refractivity contribution in [1.29, 1.82) is 0 Å². The molecule has 1 saturated heterocycles. The van der Waals surface area contributed by atoms with Crippen LogP contribution in [0.2, 0.25) is 5.02 Å². The SMILES string of the molecule is CN1C(=O)NC(c2ccccc2Cl)C2=C1CN(CCC(=O)N1CCOCC1)C2=O. The summed E-state index contributed by atoms with van der Waals surface area (Å²) in [7, 11) is 1.64. The second kappa shape index (κ2) is 8.04. The number of carbonyl (C=O) groups excluding carboxylic acids is 3. The molecule has 3 aliphatic rings. The van der Waals surface area contributed by atoms with Crippen LogP contribution in [-0.2, 0) is 14.3 Å². The van der Waals surface area contributed by atoms with Gasteiger partial charge < -0.3 is 19.9 Å². The van der Waals surface area contributed by atoms with Gasteiger partial charge in [0.25, 0.3) is 5.91 Å². The number of likely N-dealkylation sites (N-methyl/N-ethyl adjacent to an activating group) is 1. The molecule has 0 radical (unpaired) electrons. The van der Waals surface area contributed by atoms with Gasteiger partial charge in [0.2, 0.25) is 5.91 Å². The molecule has 1 aromatic rings. The number of morpholine rings is 1. The summed E-state index contributed by atoms with van der Waals surface area (Å²) >= 11 is 6.33. The molecule has 3 aliphatic heterocycles. The van der Waals surface area contributed by atoms with E-state index < -0.39 is 6.04 Å². The third-order valence-electron chi connectivity index (χ3n) is 5.61. The molecule has 4 amide bonds. The van der Waals surface area contributed by atoms with Crippen molar-refractivity contribution >= 4 is 29.4 Å². The van der Waals surface area contributed by atoms with Crippen LogP contribution in [0.25, 0.3) is 0 Å². The van der Waals surface area contributed by atoms with Crippen LogP contribution in [-0.4, -0.2) is 79.0 Å². The van der Waals surface area contributed by atoms with Gasteiger partial charge in [-0.05, 0) is 11.6 Å². The smallest absolute Gasteiger partial charge is 0.322 e. The maximum Gasteiger partial charge on any atom is 0.322 e. The number of benzene rings is 1. The molecule has 29 heavy (non-hydrogen) atoms. The first-order valence-electron chi connectivity index (χ1n) is 9.64. The van der Waals surface area contributed by atoms with Crippen LogP contribution in [0.3, 0.4) is 0 Å². The standard InChI is InChI=1S/C20H23ClN4O4/c1-23-15-12-25(7-6-16(26)24-8-10-29-11-9-24)19(27)17(15)18(22-20(23)28)13-4-2-3-5-14(13)21/h2-5,18H,6-12H2,1H3,(H,22,28). The van der Waals surface area contributed by atoms with Crippen LogP contribution < -0.4 is 5.32 Å². The number of ether oxygens (including phenoxy) is 1. The molecular weight excluding hydrogens is 396 g/mol. The molecule has 1 atom stereocenters. The molecule has 1 unspecified atom stereocenters. The van der Waals surface area contributed by atoms with E-state index in [2.05, 4.69) is 5.32 Å².